The summed E-state index contributed by atoms with van der Waals surface area (Å²) in [5, 5.41) is 0. The van der Waals surface area contributed by atoms with Crippen LogP contribution in [0.1, 0.15) is 19.3 Å². The molecule has 1 heterocycles. The fourth-order valence-corrected chi connectivity index (χ4v) is 2.80. The van der Waals surface area contributed by atoms with Gasteiger partial charge in [-0.2, -0.15) is 11.8 Å². The Kier molecular flexibility index (Phi) is 2.36. The van der Waals surface area contributed by atoms with Crippen molar-refractivity contribution < 1.29 is 0 Å². The van der Waals surface area contributed by atoms with Crippen molar-refractivity contribution in [3.8, 4) is 0 Å². The smallest absolute Gasteiger partial charge is 0.0285 e. The van der Waals surface area contributed by atoms with E-state index in [9.17, 15) is 0 Å². The highest BCUT2D eigenvalue weighted by molar-refractivity contribution is 8.00. The van der Waals surface area contributed by atoms with Gasteiger partial charge in [0.05, 0.1) is 0 Å². The van der Waals surface area contributed by atoms with Gasteiger partial charge in [0.15, 0.2) is 0 Å². The van der Waals surface area contributed by atoms with Crippen molar-refractivity contribution in [1.82, 2.24) is 4.90 Å². The molecular weight excluding hydrogens is 168 g/mol. The highest BCUT2D eigenvalue weighted by Gasteiger charge is 2.43. The van der Waals surface area contributed by atoms with Gasteiger partial charge in [-0.1, -0.05) is 0 Å². The molecule has 0 bridgehead atoms. The maximum atomic E-state index is 5.86. The van der Waals surface area contributed by atoms with E-state index < -0.39 is 0 Å². The van der Waals surface area contributed by atoms with Crippen molar-refractivity contribution in [2.45, 2.75) is 30.1 Å². The molecule has 2 aliphatic rings. The van der Waals surface area contributed by atoms with Gasteiger partial charge in [0.1, 0.15) is 0 Å². The summed E-state index contributed by atoms with van der Waals surface area (Å²) in [4.78, 5) is 2.54. The van der Waals surface area contributed by atoms with Crippen molar-refractivity contribution in [2.24, 2.45) is 5.73 Å². The third-order valence-corrected chi connectivity index (χ3v) is 4.46. The topological polar surface area (TPSA) is 29.3 Å². The van der Waals surface area contributed by atoms with Crippen LogP contribution in [0, 0.1) is 0 Å². The van der Waals surface area contributed by atoms with Crippen LogP contribution in [0.25, 0.3) is 0 Å². The molecule has 0 aromatic carbocycles. The molecule has 0 aromatic rings. The first-order valence-corrected chi connectivity index (χ1v) is 6.00. The quantitative estimate of drug-likeness (QED) is 0.710. The Labute approximate surface area is 78.9 Å². The SMILES string of the molecule is CSC1(CN2CCC(N)C2)CC1. The maximum absolute atomic E-state index is 5.86. The first-order chi connectivity index (χ1) is 5.74. The summed E-state index contributed by atoms with van der Waals surface area (Å²) < 4.78 is 0.629. The van der Waals surface area contributed by atoms with Crippen molar-refractivity contribution in [3.63, 3.8) is 0 Å². The van der Waals surface area contributed by atoms with E-state index in [0.717, 1.165) is 6.54 Å². The molecule has 70 valence electrons. The van der Waals surface area contributed by atoms with Gasteiger partial charge in [-0.05, 0) is 32.1 Å². The van der Waals surface area contributed by atoms with E-state index in [2.05, 4.69) is 11.2 Å². The molecule has 1 saturated carbocycles. The van der Waals surface area contributed by atoms with E-state index in [-0.39, 0.29) is 0 Å². The summed E-state index contributed by atoms with van der Waals surface area (Å²) in [6.45, 7) is 3.63. The second-order valence-corrected chi connectivity index (χ2v) is 5.45. The van der Waals surface area contributed by atoms with Crippen LogP contribution < -0.4 is 5.73 Å². The lowest BCUT2D eigenvalue weighted by molar-refractivity contribution is 0.330. The minimum absolute atomic E-state index is 0.447. The first kappa shape index (κ1) is 8.85. The van der Waals surface area contributed by atoms with Crippen molar-refractivity contribution in [2.75, 3.05) is 25.9 Å². The monoisotopic (exact) mass is 186 g/mol. The van der Waals surface area contributed by atoms with Gasteiger partial charge in [0, 0.05) is 23.9 Å². The minimum Gasteiger partial charge on any atom is -0.326 e. The zero-order valence-electron chi connectivity index (χ0n) is 7.75. The predicted octanol–water partition coefficient (Wildman–Crippen LogP) is 0.915. The van der Waals surface area contributed by atoms with Crippen LogP contribution in [0.3, 0.4) is 0 Å². The van der Waals surface area contributed by atoms with Gasteiger partial charge >= 0.3 is 0 Å². The van der Waals surface area contributed by atoms with Gasteiger partial charge in [-0.15, -0.1) is 0 Å². The lowest BCUT2D eigenvalue weighted by Gasteiger charge is -2.21. The number of nitrogens with zero attached hydrogens (tertiary/aromatic N) is 1. The molecular formula is C9H18N2S. The lowest BCUT2D eigenvalue weighted by atomic mass is 10.3. The number of nitrogens with two attached hydrogens (primary N) is 1. The van der Waals surface area contributed by atoms with Crippen molar-refractivity contribution in [1.29, 1.82) is 0 Å². The minimum atomic E-state index is 0.447. The normalized spacial score (nSPS) is 34.0. The number of hydrogen-bond acceptors (Lipinski definition) is 3. The third kappa shape index (κ3) is 1.78. The molecule has 12 heavy (non-hydrogen) atoms. The predicted molar refractivity (Wildman–Crippen MR) is 54.5 cm³/mol. The zero-order chi connectivity index (χ0) is 8.60. The van der Waals surface area contributed by atoms with Gasteiger partial charge in [0.25, 0.3) is 0 Å². The van der Waals surface area contributed by atoms with E-state index in [4.69, 9.17) is 5.73 Å². The van der Waals surface area contributed by atoms with Crippen LogP contribution in [0.2, 0.25) is 0 Å². The van der Waals surface area contributed by atoms with Crippen molar-refractivity contribution >= 4 is 11.8 Å². The third-order valence-electron chi connectivity index (χ3n) is 3.06. The molecule has 2 rings (SSSR count). The molecule has 2 N–H and O–H groups in total. The fraction of sp³-hybridized carbons (Fsp3) is 1.00. The molecule has 2 nitrogen and oxygen atoms in total. The molecule has 0 aromatic heterocycles. The molecule has 0 radical (unpaired) electrons. The lowest BCUT2D eigenvalue weighted by Crippen LogP contribution is -2.32. The van der Waals surface area contributed by atoms with Crippen LogP contribution in [-0.2, 0) is 0 Å². The average molecular weight is 186 g/mol. The summed E-state index contributed by atoms with van der Waals surface area (Å²) in [6, 6.07) is 0.447. The van der Waals surface area contributed by atoms with Gasteiger partial charge in [-0.3, -0.25) is 0 Å². The molecule has 1 atom stereocenters. The standard InChI is InChI=1S/C9H18N2S/c1-12-9(3-4-9)7-11-5-2-8(10)6-11/h8H,2-7,10H2,1H3. The molecule has 1 aliphatic heterocycles. The van der Waals surface area contributed by atoms with Crippen LogP contribution in [0.5, 0.6) is 0 Å². The Morgan fingerprint density at radius 2 is 2.33 bits per heavy atom. The Bertz CT molecular complexity index is 168. The second kappa shape index (κ2) is 3.20. The van der Waals surface area contributed by atoms with Gasteiger partial charge < -0.3 is 10.6 Å². The summed E-state index contributed by atoms with van der Waals surface area (Å²) in [6.07, 6.45) is 6.27. The maximum Gasteiger partial charge on any atom is 0.0285 e. The Hall–Kier alpha value is 0.270. The van der Waals surface area contributed by atoms with Crippen LogP contribution in [0.4, 0.5) is 0 Å². The summed E-state index contributed by atoms with van der Waals surface area (Å²) in [7, 11) is 0. The molecule has 3 heteroatoms. The average Bonchev–Trinajstić information content (AvgIpc) is 2.71. The Morgan fingerprint density at radius 1 is 1.58 bits per heavy atom. The fourth-order valence-electron chi connectivity index (χ4n) is 1.98. The van der Waals surface area contributed by atoms with Gasteiger partial charge in [0.2, 0.25) is 0 Å². The van der Waals surface area contributed by atoms with E-state index in [1.807, 2.05) is 11.8 Å². The number of likely N-dealkylation sites (tertiary alicyclic amines) is 1. The number of hydrogen-bond donors (Lipinski definition) is 1. The zero-order valence-corrected chi connectivity index (χ0v) is 8.57. The number of thioether (sulfide) groups is 1. The van der Waals surface area contributed by atoms with E-state index >= 15 is 0 Å². The molecule has 2 fully saturated rings. The highest BCUT2D eigenvalue weighted by atomic mass is 32.2. The largest absolute Gasteiger partial charge is 0.326 e. The second-order valence-electron chi connectivity index (χ2n) is 4.17. The molecule has 1 aliphatic carbocycles. The van der Waals surface area contributed by atoms with E-state index in [0.29, 0.717) is 10.8 Å². The summed E-state index contributed by atoms with van der Waals surface area (Å²) in [5.74, 6) is 0. The molecule has 1 saturated heterocycles. The highest BCUT2D eigenvalue weighted by Crippen LogP contribution is 2.47. The number of rotatable bonds is 3. The molecule has 0 amide bonds. The first-order valence-electron chi connectivity index (χ1n) is 4.77. The molecule has 0 spiro atoms. The van der Waals surface area contributed by atoms with E-state index in [1.165, 1.54) is 32.4 Å². The van der Waals surface area contributed by atoms with Crippen molar-refractivity contribution in [3.05, 3.63) is 0 Å². The van der Waals surface area contributed by atoms with Gasteiger partial charge in [-0.25, -0.2) is 0 Å². The van der Waals surface area contributed by atoms with Crippen LogP contribution >= 0.6 is 11.8 Å². The summed E-state index contributed by atoms with van der Waals surface area (Å²) >= 11 is 2.04. The van der Waals surface area contributed by atoms with E-state index in [1.54, 1.807) is 0 Å². The summed E-state index contributed by atoms with van der Waals surface area (Å²) in [5.41, 5.74) is 5.86. The van der Waals surface area contributed by atoms with Crippen LogP contribution in [-0.4, -0.2) is 41.6 Å². The van der Waals surface area contributed by atoms with Crippen LogP contribution in [0.15, 0.2) is 0 Å². The Balaban J connectivity index is 1.80. The molecule has 1 unspecified atom stereocenters. The Morgan fingerprint density at radius 3 is 2.75 bits per heavy atom.